The lowest BCUT2D eigenvalue weighted by molar-refractivity contribution is 0.103. The molecule has 3 N–H and O–H groups in total. The molecule has 0 radical (unpaired) electrons. The van der Waals surface area contributed by atoms with Gasteiger partial charge in [0.25, 0.3) is 5.91 Å². The van der Waals surface area contributed by atoms with Crippen LogP contribution < -0.4 is 10.5 Å². The maximum absolute atomic E-state index is 12.5. The molecule has 0 saturated carbocycles. The van der Waals surface area contributed by atoms with Crippen LogP contribution >= 0.6 is 34.5 Å². The minimum atomic E-state index is -3.64. The van der Waals surface area contributed by atoms with Crippen molar-refractivity contribution >= 4 is 56.2 Å². The number of hydrogen-bond donors (Lipinski definition) is 2. The van der Waals surface area contributed by atoms with Gasteiger partial charge in [-0.3, -0.25) is 4.79 Å². The molecule has 1 heterocycles. The van der Waals surface area contributed by atoms with E-state index in [-0.39, 0.29) is 11.7 Å². The Balaban J connectivity index is 1.78. The van der Waals surface area contributed by atoms with Crippen molar-refractivity contribution in [3.8, 4) is 10.4 Å². The Morgan fingerprint density at radius 3 is 2.41 bits per heavy atom. The highest BCUT2D eigenvalue weighted by Gasteiger charge is 2.12. The molecule has 1 amide bonds. The van der Waals surface area contributed by atoms with Gasteiger partial charge in [-0.25, -0.2) is 13.6 Å². The van der Waals surface area contributed by atoms with Gasteiger partial charge in [-0.1, -0.05) is 35.3 Å². The predicted octanol–water partition coefficient (Wildman–Crippen LogP) is 4.76. The third kappa shape index (κ3) is 5.54. The van der Waals surface area contributed by atoms with Crippen molar-refractivity contribution < 1.29 is 13.2 Å². The SMILES string of the molecule is NS(=O)(=O)Cc1cccc(NC(=O)c2ccc(-c3cc(Cl)cc(Cl)c3)s2)c1. The molecule has 0 bridgehead atoms. The third-order valence-corrected chi connectivity index (χ3v) is 5.83. The molecule has 0 atom stereocenters. The molecule has 27 heavy (non-hydrogen) atoms. The molecular weight excluding hydrogens is 427 g/mol. The lowest BCUT2D eigenvalue weighted by Crippen LogP contribution is -2.15. The van der Waals surface area contributed by atoms with E-state index < -0.39 is 10.0 Å². The molecule has 0 aliphatic carbocycles. The monoisotopic (exact) mass is 440 g/mol. The highest BCUT2D eigenvalue weighted by Crippen LogP contribution is 2.32. The average molecular weight is 441 g/mol. The summed E-state index contributed by atoms with van der Waals surface area (Å²) in [5, 5.41) is 8.85. The largest absolute Gasteiger partial charge is 0.321 e. The van der Waals surface area contributed by atoms with Gasteiger partial charge in [0.05, 0.1) is 10.6 Å². The summed E-state index contributed by atoms with van der Waals surface area (Å²) in [5.41, 5.74) is 1.81. The highest BCUT2D eigenvalue weighted by atomic mass is 35.5. The van der Waals surface area contributed by atoms with Crippen LogP contribution in [0, 0.1) is 0 Å². The minimum Gasteiger partial charge on any atom is -0.321 e. The zero-order valence-electron chi connectivity index (χ0n) is 13.8. The highest BCUT2D eigenvalue weighted by molar-refractivity contribution is 7.88. The second-order valence-electron chi connectivity index (χ2n) is 5.78. The van der Waals surface area contributed by atoms with E-state index >= 15 is 0 Å². The van der Waals surface area contributed by atoms with Gasteiger partial charge < -0.3 is 5.32 Å². The van der Waals surface area contributed by atoms with Gasteiger partial charge in [0.2, 0.25) is 10.0 Å². The number of primary sulfonamides is 1. The number of benzene rings is 2. The van der Waals surface area contributed by atoms with Gasteiger partial charge in [0.1, 0.15) is 0 Å². The van der Waals surface area contributed by atoms with Crippen LogP contribution in [-0.4, -0.2) is 14.3 Å². The van der Waals surface area contributed by atoms with Crippen molar-refractivity contribution in [2.75, 3.05) is 5.32 Å². The van der Waals surface area contributed by atoms with E-state index in [0.29, 0.717) is 26.2 Å². The zero-order chi connectivity index (χ0) is 19.6. The summed E-state index contributed by atoms with van der Waals surface area (Å²) in [6, 6.07) is 15.3. The number of carbonyl (C=O) groups excluding carboxylic acids is 1. The fourth-order valence-corrected chi connectivity index (χ4v) is 4.53. The molecule has 0 unspecified atom stereocenters. The Kier molecular flexibility index (Phi) is 5.88. The Hall–Kier alpha value is -1.90. The Labute approximate surface area is 170 Å². The minimum absolute atomic E-state index is 0.296. The summed E-state index contributed by atoms with van der Waals surface area (Å²) in [6.45, 7) is 0. The van der Waals surface area contributed by atoms with Crippen LogP contribution in [-0.2, 0) is 15.8 Å². The van der Waals surface area contributed by atoms with Crippen molar-refractivity contribution in [2.24, 2.45) is 5.14 Å². The average Bonchev–Trinajstić information content (AvgIpc) is 3.02. The van der Waals surface area contributed by atoms with E-state index in [9.17, 15) is 13.2 Å². The van der Waals surface area contributed by atoms with Gasteiger partial charge >= 0.3 is 0 Å². The summed E-state index contributed by atoms with van der Waals surface area (Å²) in [4.78, 5) is 13.8. The van der Waals surface area contributed by atoms with Crippen molar-refractivity contribution in [3.63, 3.8) is 0 Å². The van der Waals surface area contributed by atoms with Gasteiger partial charge in [0.15, 0.2) is 0 Å². The lowest BCUT2D eigenvalue weighted by atomic mass is 10.2. The maximum Gasteiger partial charge on any atom is 0.265 e. The summed E-state index contributed by atoms with van der Waals surface area (Å²) in [6.07, 6.45) is 0. The first-order chi connectivity index (χ1) is 12.7. The van der Waals surface area contributed by atoms with Crippen LogP contribution in [0.5, 0.6) is 0 Å². The molecule has 2 aromatic carbocycles. The topological polar surface area (TPSA) is 89.3 Å². The second-order valence-corrected chi connectivity index (χ2v) is 9.35. The number of nitrogens with one attached hydrogen (secondary N) is 1. The molecule has 0 spiro atoms. The number of hydrogen-bond acceptors (Lipinski definition) is 4. The number of nitrogens with two attached hydrogens (primary N) is 1. The van der Waals surface area contributed by atoms with Crippen LogP contribution in [0.4, 0.5) is 5.69 Å². The smallest absolute Gasteiger partial charge is 0.265 e. The van der Waals surface area contributed by atoms with Gasteiger partial charge in [-0.15, -0.1) is 11.3 Å². The zero-order valence-corrected chi connectivity index (χ0v) is 16.9. The number of rotatable bonds is 5. The Bertz CT molecular complexity index is 1090. The van der Waals surface area contributed by atoms with E-state index in [1.54, 1.807) is 48.5 Å². The first kappa shape index (κ1) is 19.9. The maximum atomic E-state index is 12.5. The standard InChI is InChI=1S/C18H14Cl2N2O3S2/c19-13-7-12(8-14(20)9-13)16-4-5-17(26-16)18(23)22-15-3-1-2-11(6-15)10-27(21,24)25/h1-9H,10H2,(H,22,23)(H2,21,24,25). The van der Waals surface area contributed by atoms with Crippen LogP contribution in [0.15, 0.2) is 54.6 Å². The first-order valence-corrected chi connectivity index (χ1v) is 11.0. The molecule has 0 aliphatic heterocycles. The van der Waals surface area contributed by atoms with Crippen LogP contribution in [0.2, 0.25) is 10.0 Å². The van der Waals surface area contributed by atoms with Crippen molar-refractivity contribution in [2.45, 2.75) is 5.75 Å². The molecule has 0 fully saturated rings. The van der Waals surface area contributed by atoms with Crippen LogP contribution in [0.1, 0.15) is 15.2 Å². The van der Waals surface area contributed by atoms with E-state index in [2.05, 4.69) is 5.32 Å². The molecular formula is C18H14Cl2N2O3S2. The molecule has 9 heteroatoms. The van der Waals surface area contributed by atoms with E-state index in [0.717, 1.165) is 10.4 Å². The van der Waals surface area contributed by atoms with Crippen LogP contribution in [0.3, 0.4) is 0 Å². The number of anilines is 1. The number of amides is 1. The number of thiophene rings is 1. The summed E-state index contributed by atoms with van der Waals surface area (Å²) in [5.74, 6) is -0.595. The lowest BCUT2D eigenvalue weighted by Gasteiger charge is -2.06. The Morgan fingerprint density at radius 2 is 1.74 bits per heavy atom. The molecule has 0 aliphatic rings. The number of halogens is 2. The second kappa shape index (κ2) is 8.00. The van der Waals surface area contributed by atoms with Gasteiger partial charge in [-0.2, -0.15) is 0 Å². The molecule has 1 aromatic heterocycles. The number of carbonyl (C=O) groups is 1. The van der Waals surface area contributed by atoms with Crippen molar-refractivity contribution in [1.29, 1.82) is 0 Å². The molecule has 0 saturated heterocycles. The normalized spacial score (nSPS) is 11.4. The molecule has 3 rings (SSSR count). The van der Waals surface area contributed by atoms with E-state index in [1.165, 1.54) is 11.3 Å². The van der Waals surface area contributed by atoms with Gasteiger partial charge in [0, 0.05) is 20.6 Å². The Morgan fingerprint density at radius 1 is 1.04 bits per heavy atom. The molecule has 5 nitrogen and oxygen atoms in total. The fraction of sp³-hybridized carbons (Fsp3) is 0.0556. The quantitative estimate of drug-likeness (QED) is 0.598. The van der Waals surface area contributed by atoms with Gasteiger partial charge in [-0.05, 0) is 53.6 Å². The predicted molar refractivity (Wildman–Crippen MR) is 111 cm³/mol. The summed E-state index contributed by atoms with van der Waals surface area (Å²) >= 11 is 13.4. The van der Waals surface area contributed by atoms with Crippen LogP contribution in [0.25, 0.3) is 10.4 Å². The fourth-order valence-electron chi connectivity index (χ4n) is 2.48. The summed E-state index contributed by atoms with van der Waals surface area (Å²) in [7, 11) is -3.64. The third-order valence-electron chi connectivity index (χ3n) is 3.53. The molecule has 3 aromatic rings. The summed E-state index contributed by atoms with van der Waals surface area (Å²) < 4.78 is 22.4. The van der Waals surface area contributed by atoms with E-state index in [4.69, 9.17) is 28.3 Å². The van der Waals surface area contributed by atoms with E-state index in [1.807, 2.05) is 6.07 Å². The first-order valence-electron chi connectivity index (χ1n) is 7.67. The molecule has 140 valence electrons. The van der Waals surface area contributed by atoms with Crippen molar-refractivity contribution in [1.82, 2.24) is 0 Å². The number of sulfonamides is 1. The van der Waals surface area contributed by atoms with Crippen molar-refractivity contribution in [3.05, 3.63) is 75.1 Å².